The molecule has 0 aromatic heterocycles. The van der Waals surface area contributed by atoms with E-state index >= 15 is 0 Å². The number of amides is 2. The summed E-state index contributed by atoms with van der Waals surface area (Å²) in [5, 5.41) is 67.6. The van der Waals surface area contributed by atoms with Gasteiger partial charge >= 0.3 is 6.03 Å². The van der Waals surface area contributed by atoms with Crippen molar-refractivity contribution in [2.24, 2.45) is 5.41 Å². The van der Waals surface area contributed by atoms with Crippen LogP contribution in [0, 0.1) is 5.41 Å². The van der Waals surface area contributed by atoms with Gasteiger partial charge in [0, 0.05) is 36.8 Å². The minimum Gasteiger partial charge on any atom is -0.392 e. The van der Waals surface area contributed by atoms with Crippen LogP contribution in [0.25, 0.3) is 0 Å². The summed E-state index contributed by atoms with van der Waals surface area (Å²) in [6, 6.07) is 9.44. The Morgan fingerprint density at radius 1 is 0.932 bits per heavy atom. The lowest BCUT2D eigenvalue weighted by atomic mass is 9.69. The Balaban J connectivity index is 1.74. The first-order chi connectivity index (χ1) is 20.7. The first-order valence-electron chi connectivity index (χ1n) is 15.0. The van der Waals surface area contributed by atoms with E-state index in [-0.39, 0.29) is 16.3 Å². The number of unbranched alkanes of at least 4 members (excludes halogenated alkanes) is 1. The third-order valence-electron chi connectivity index (χ3n) is 9.27. The first-order valence-corrected chi connectivity index (χ1v) is 16.6. The van der Waals surface area contributed by atoms with Gasteiger partial charge in [-0.15, -0.1) is 0 Å². The van der Waals surface area contributed by atoms with Gasteiger partial charge in [-0.2, -0.15) is 0 Å². The molecule has 0 spiro atoms. The van der Waals surface area contributed by atoms with Gasteiger partial charge < -0.3 is 46.2 Å². The molecule has 2 amide bonds. The fourth-order valence-corrected chi connectivity index (χ4v) is 8.79. The van der Waals surface area contributed by atoms with Crippen molar-refractivity contribution < 1.29 is 43.9 Å². The van der Waals surface area contributed by atoms with Crippen molar-refractivity contribution in [1.29, 1.82) is 0 Å². The average molecular weight is 636 g/mol. The highest BCUT2D eigenvalue weighted by molar-refractivity contribution is 7.91. The first kappa shape index (κ1) is 34.1. The van der Waals surface area contributed by atoms with E-state index in [0.29, 0.717) is 24.0 Å². The topological polar surface area (TPSA) is 200 Å². The van der Waals surface area contributed by atoms with E-state index in [0.717, 1.165) is 18.5 Å². The molecule has 1 fully saturated rings. The average Bonchev–Trinajstić information content (AvgIpc) is 3.06. The minimum atomic E-state index is -3.78. The number of carbonyl (C=O) groups excluding carboxylic acids is 1. The molecule has 1 aliphatic carbocycles. The van der Waals surface area contributed by atoms with Crippen LogP contribution in [0.1, 0.15) is 56.6 Å². The number of aliphatic hydroxyl groups excluding tert-OH is 6. The van der Waals surface area contributed by atoms with Crippen LogP contribution in [0.15, 0.2) is 47.4 Å². The zero-order valence-electron chi connectivity index (χ0n) is 25.5. The number of hydrogen-bond acceptors (Lipinski definition) is 10. The van der Waals surface area contributed by atoms with E-state index in [1.165, 1.54) is 0 Å². The van der Waals surface area contributed by atoms with Crippen molar-refractivity contribution >= 4 is 27.2 Å². The zero-order chi connectivity index (χ0) is 32.6. The second kappa shape index (κ2) is 13.3. The Kier molecular flexibility index (Phi) is 10.3. The largest absolute Gasteiger partial charge is 0.392 e. The molecule has 12 nitrogen and oxygen atoms in total. The van der Waals surface area contributed by atoms with Crippen LogP contribution in [0.2, 0.25) is 0 Å². The molecular weight excluding hydrogens is 590 g/mol. The molecule has 13 heteroatoms. The van der Waals surface area contributed by atoms with Gasteiger partial charge in [0.1, 0.15) is 30.5 Å². The molecule has 1 saturated carbocycles. The van der Waals surface area contributed by atoms with Crippen molar-refractivity contribution in [3.63, 3.8) is 0 Å². The molecule has 1 aliphatic heterocycles. The van der Waals surface area contributed by atoms with Gasteiger partial charge in [-0.3, -0.25) is 0 Å². The summed E-state index contributed by atoms with van der Waals surface area (Å²) in [6.07, 6.45) is -7.43. The van der Waals surface area contributed by atoms with E-state index in [1.54, 1.807) is 42.5 Å². The number of anilines is 2. The molecule has 9 atom stereocenters. The molecule has 244 valence electrons. The highest BCUT2D eigenvalue weighted by Gasteiger charge is 2.50. The minimum absolute atomic E-state index is 0.162. The number of rotatable bonds is 8. The zero-order valence-corrected chi connectivity index (χ0v) is 26.3. The SMILES string of the molecule is CCCC[C@]1(CC)CS(=O)(=O)c2ccc(N(C)C)cc2[C@@H](c2cccc(NC(=O)NC3[C@@H](O)[C@H](O)C(O)[C@H](O)[C@H]3O)c2)[C@H]1O. The third kappa shape index (κ3) is 6.45. The maximum absolute atomic E-state index is 13.9. The van der Waals surface area contributed by atoms with E-state index < -0.39 is 69.9 Å². The van der Waals surface area contributed by atoms with Crippen molar-refractivity contribution in [1.82, 2.24) is 5.32 Å². The summed E-state index contributed by atoms with van der Waals surface area (Å²) in [5.74, 6) is -0.945. The van der Waals surface area contributed by atoms with E-state index in [9.17, 15) is 43.9 Å². The Hall–Kier alpha value is -2.78. The molecule has 44 heavy (non-hydrogen) atoms. The van der Waals surface area contributed by atoms with Crippen molar-refractivity contribution in [3.05, 3.63) is 53.6 Å². The van der Waals surface area contributed by atoms with Crippen LogP contribution in [0.3, 0.4) is 0 Å². The number of benzene rings is 2. The fourth-order valence-electron chi connectivity index (χ4n) is 6.54. The highest BCUT2D eigenvalue weighted by atomic mass is 32.2. The number of carbonyl (C=O) groups is 1. The molecular formula is C31H45N3O9S. The molecule has 8 N–H and O–H groups in total. The predicted octanol–water partition coefficient (Wildman–Crippen LogP) is 0.927. The van der Waals surface area contributed by atoms with Gasteiger partial charge in [-0.05, 0) is 54.3 Å². The summed E-state index contributed by atoms with van der Waals surface area (Å²) >= 11 is 0. The van der Waals surface area contributed by atoms with E-state index in [1.807, 2.05) is 32.8 Å². The van der Waals surface area contributed by atoms with Gasteiger partial charge in [-0.1, -0.05) is 38.8 Å². The molecule has 4 rings (SSSR count). The number of sulfone groups is 1. The molecule has 0 saturated heterocycles. The molecule has 0 bridgehead atoms. The van der Waals surface area contributed by atoms with E-state index in [2.05, 4.69) is 10.6 Å². The molecule has 2 unspecified atom stereocenters. The molecule has 0 radical (unpaired) electrons. The Morgan fingerprint density at radius 2 is 1.57 bits per heavy atom. The third-order valence-corrected chi connectivity index (χ3v) is 11.3. The van der Waals surface area contributed by atoms with Crippen LogP contribution in [0.4, 0.5) is 16.2 Å². The monoisotopic (exact) mass is 635 g/mol. The highest BCUT2D eigenvalue weighted by Crippen LogP contribution is 2.49. The van der Waals surface area contributed by atoms with Crippen LogP contribution in [-0.2, 0) is 9.84 Å². The molecule has 2 aromatic rings. The standard InChI is InChI=1S/C31H45N3O9S/c1-5-7-13-31(6-2)16-44(42,43)21-12-11-19(34(3)4)15-20(21)22(29(31)40)17-9-8-10-18(14-17)32-30(41)33-23-24(35)26(37)28(39)27(38)25(23)36/h8-12,14-15,22-29,35-40H,5-7,13,16H2,1-4H3,(H2,32,33,41)/t22-,23?,24-,25+,26+,27-,28?,29-,31-/m1/s1. The summed E-state index contributed by atoms with van der Waals surface area (Å²) in [6.45, 7) is 3.92. The Bertz CT molecular complexity index is 1420. The van der Waals surface area contributed by atoms with Gasteiger partial charge in [0.25, 0.3) is 0 Å². The molecule has 2 aromatic carbocycles. The van der Waals surface area contributed by atoms with Gasteiger partial charge in [0.15, 0.2) is 9.84 Å². The summed E-state index contributed by atoms with van der Waals surface area (Å²) in [5.41, 5.74) is 1.16. The number of fused-ring (bicyclic) bond motifs is 1. The van der Waals surface area contributed by atoms with Gasteiger partial charge in [0.2, 0.25) is 0 Å². The van der Waals surface area contributed by atoms with Crippen molar-refractivity contribution in [2.75, 3.05) is 30.1 Å². The van der Waals surface area contributed by atoms with Crippen molar-refractivity contribution in [2.45, 2.75) is 93.0 Å². The van der Waals surface area contributed by atoms with Gasteiger partial charge in [-0.25, -0.2) is 13.2 Å². The summed E-state index contributed by atoms with van der Waals surface area (Å²) < 4.78 is 27.7. The second-order valence-electron chi connectivity index (χ2n) is 12.3. The lowest BCUT2D eigenvalue weighted by Crippen LogP contribution is -2.68. The Morgan fingerprint density at radius 3 is 2.16 bits per heavy atom. The predicted molar refractivity (Wildman–Crippen MR) is 165 cm³/mol. The smallest absolute Gasteiger partial charge is 0.319 e. The Labute approximate surface area is 258 Å². The number of nitrogens with one attached hydrogen (secondary N) is 2. The maximum atomic E-state index is 13.9. The van der Waals surface area contributed by atoms with Crippen LogP contribution < -0.4 is 15.5 Å². The lowest BCUT2D eigenvalue weighted by molar-refractivity contribution is -0.188. The number of aliphatic hydroxyl groups is 6. The second-order valence-corrected chi connectivity index (χ2v) is 14.3. The van der Waals surface area contributed by atoms with Crippen LogP contribution >= 0.6 is 0 Å². The molecule has 2 aliphatic rings. The van der Waals surface area contributed by atoms with E-state index in [4.69, 9.17) is 0 Å². The normalized spacial score (nSPS) is 33.1. The van der Waals surface area contributed by atoms with Gasteiger partial charge in [0.05, 0.1) is 22.8 Å². The number of hydrogen-bond donors (Lipinski definition) is 8. The van der Waals surface area contributed by atoms with Crippen LogP contribution in [-0.4, -0.2) is 108 Å². The number of urea groups is 1. The number of nitrogens with zero attached hydrogens (tertiary/aromatic N) is 1. The summed E-state index contributed by atoms with van der Waals surface area (Å²) in [7, 11) is -0.0878. The quantitative estimate of drug-likeness (QED) is 0.206. The van der Waals surface area contributed by atoms with Crippen LogP contribution in [0.5, 0.6) is 0 Å². The maximum Gasteiger partial charge on any atom is 0.319 e. The summed E-state index contributed by atoms with van der Waals surface area (Å²) in [4.78, 5) is 15.0. The lowest BCUT2D eigenvalue weighted by Gasteiger charge is -2.42. The fraction of sp³-hybridized carbons (Fsp3) is 0.581. The molecule has 1 heterocycles. The van der Waals surface area contributed by atoms with Crippen molar-refractivity contribution in [3.8, 4) is 0 Å².